The van der Waals surface area contributed by atoms with Crippen LogP contribution in [0.15, 0.2) is 50.2 Å². The summed E-state index contributed by atoms with van der Waals surface area (Å²) in [5.74, 6) is 3.93. The van der Waals surface area contributed by atoms with E-state index in [0.29, 0.717) is 140 Å². The fraction of sp³-hybridized carbons (Fsp3) is 0.550. The highest BCUT2D eigenvalue weighted by Crippen LogP contribution is 2.53. The van der Waals surface area contributed by atoms with Crippen LogP contribution in [0.2, 0.25) is 0 Å². The highest BCUT2D eigenvalue weighted by Gasteiger charge is 2.32. The largest absolute Gasteiger partial charge is 0.494 e. The van der Waals surface area contributed by atoms with Crippen LogP contribution in [0.4, 0.5) is 31.4 Å². The molecule has 25 heteroatoms. The number of rotatable bonds is 24. The van der Waals surface area contributed by atoms with Crippen molar-refractivity contribution >= 4 is 68.1 Å². The lowest BCUT2D eigenvalue weighted by Gasteiger charge is -2.27. The Kier molecular flexibility index (Phi) is 25.3. The molecule has 3 aromatic heterocycles. The highest BCUT2D eigenvalue weighted by atomic mass is 16.5. The predicted octanol–water partition coefficient (Wildman–Crippen LogP) is 9.54. The first kappa shape index (κ1) is 66.3. The molecule has 0 radical (unpaired) electrons. The molecule has 0 spiro atoms. The van der Waals surface area contributed by atoms with E-state index in [-0.39, 0.29) is 23.6 Å². The number of benzene rings is 3. The van der Waals surface area contributed by atoms with Gasteiger partial charge >= 0.3 is 18.1 Å². The third kappa shape index (κ3) is 15.2. The lowest BCUT2D eigenvalue weighted by Crippen LogP contribution is -2.37. The molecule has 3 unspecified atom stereocenters. The average Bonchev–Trinajstić information content (AvgIpc) is 2.03. The summed E-state index contributed by atoms with van der Waals surface area (Å²) in [6.45, 7) is 14.4. The van der Waals surface area contributed by atoms with Crippen molar-refractivity contribution < 1.29 is 75.7 Å². The van der Waals surface area contributed by atoms with Crippen LogP contribution in [0.1, 0.15) is 78.6 Å². The Labute approximate surface area is 497 Å². The first-order valence-electron chi connectivity index (χ1n) is 28.9. The van der Waals surface area contributed by atoms with E-state index in [2.05, 4.69) is 67.4 Å². The number of likely N-dealkylation sites (tertiary alicyclic amines) is 3. The van der Waals surface area contributed by atoms with Crippen LogP contribution in [0.3, 0.4) is 0 Å². The molecule has 3 aromatic carbocycles. The average molecular weight is 1190 g/mol. The number of ether oxygens (including phenoxy) is 9. The van der Waals surface area contributed by atoms with Crippen molar-refractivity contribution in [2.24, 2.45) is 0 Å². The molecule has 3 fully saturated rings. The van der Waals surface area contributed by atoms with Gasteiger partial charge < -0.3 is 93.3 Å². The van der Waals surface area contributed by atoms with Crippen molar-refractivity contribution in [2.45, 2.75) is 96.7 Å². The number of anilines is 3. The minimum absolute atomic E-state index is 0. The summed E-state index contributed by atoms with van der Waals surface area (Å²) in [5.41, 5.74) is 2.82. The monoisotopic (exact) mass is 1190 g/mol. The van der Waals surface area contributed by atoms with E-state index >= 15 is 0 Å². The maximum absolute atomic E-state index is 12.1. The van der Waals surface area contributed by atoms with Crippen molar-refractivity contribution in [3.05, 3.63) is 37.0 Å². The van der Waals surface area contributed by atoms with Gasteiger partial charge in [0.1, 0.15) is 36.9 Å². The number of nitrogens with zero attached hydrogens (tertiary/aromatic N) is 3. The Morgan fingerprint density at radius 3 is 0.847 bits per heavy atom. The molecule has 25 nitrogen and oxygen atoms in total. The van der Waals surface area contributed by atoms with Gasteiger partial charge in [0.2, 0.25) is 17.2 Å². The lowest BCUT2D eigenvalue weighted by molar-refractivity contribution is 0.153. The number of hydrogen-bond acceptors (Lipinski definition) is 18. The fourth-order valence-corrected chi connectivity index (χ4v) is 11.1. The van der Waals surface area contributed by atoms with Crippen LogP contribution in [-0.2, 0) is 0 Å². The number of nitrogens with one attached hydrogen (secondary N) is 6. The van der Waals surface area contributed by atoms with Gasteiger partial charge in [-0.05, 0) is 115 Å². The molecule has 6 aromatic rings. The SMILES string of the molecule is CCC(COc1c(NC(=O)NC)c(OC)c2ccoc2c1OC)N1CCCC1.CCC(COc1c(NC(=O)NC)c(OC)c2ccoc2c1OC)N1CCCC1.CCC(COc1c(NC(=O)NC)c(OC)c2ccoc2c1OC)N1CCCC1.O. The second-order valence-corrected chi connectivity index (χ2v) is 20.3. The summed E-state index contributed by atoms with van der Waals surface area (Å²) in [6, 6.07) is 5.06. The predicted molar refractivity (Wildman–Crippen MR) is 327 cm³/mol. The van der Waals surface area contributed by atoms with Gasteiger partial charge in [-0.15, -0.1) is 0 Å². The number of urea groups is 3. The lowest BCUT2D eigenvalue weighted by atomic mass is 10.1. The van der Waals surface area contributed by atoms with Gasteiger partial charge in [-0.25, -0.2) is 14.4 Å². The molecule has 8 N–H and O–H groups in total. The van der Waals surface area contributed by atoms with E-state index in [1.165, 1.54) is 38.5 Å². The molecule has 3 saturated heterocycles. The van der Waals surface area contributed by atoms with Crippen molar-refractivity contribution in [3.8, 4) is 51.7 Å². The van der Waals surface area contributed by atoms with Crippen molar-refractivity contribution in [3.63, 3.8) is 0 Å². The van der Waals surface area contributed by atoms with Crippen molar-refractivity contribution in [2.75, 3.05) is 139 Å². The van der Waals surface area contributed by atoms with Gasteiger partial charge in [-0.3, -0.25) is 14.7 Å². The smallest absolute Gasteiger partial charge is 0.319 e. The first-order valence-corrected chi connectivity index (χ1v) is 28.9. The molecular formula is C60H89N9O16. The number of carbonyl (C=O) groups excluding carboxylic acids is 3. The fourth-order valence-electron chi connectivity index (χ4n) is 11.1. The van der Waals surface area contributed by atoms with Gasteiger partial charge in [0.25, 0.3) is 0 Å². The second-order valence-electron chi connectivity index (χ2n) is 20.3. The minimum atomic E-state index is -0.375. The van der Waals surface area contributed by atoms with E-state index in [4.69, 9.17) is 55.9 Å². The maximum atomic E-state index is 12.1. The molecule has 6 amide bonds. The van der Waals surface area contributed by atoms with E-state index < -0.39 is 0 Å². The summed E-state index contributed by atoms with van der Waals surface area (Å²) in [5, 5.41) is 18.2. The van der Waals surface area contributed by atoms with Crippen LogP contribution in [0.25, 0.3) is 32.9 Å². The molecule has 85 heavy (non-hydrogen) atoms. The van der Waals surface area contributed by atoms with Gasteiger partial charge in [0, 0.05) is 39.3 Å². The van der Waals surface area contributed by atoms with Gasteiger partial charge in [0.15, 0.2) is 51.2 Å². The zero-order valence-electron chi connectivity index (χ0n) is 51.4. The number of carbonyl (C=O) groups is 3. The number of fused-ring (bicyclic) bond motifs is 3. The Bertz CT molecular complexity index is 2770. The van der Waals surface area contributed by atoms with Gasteiger partial charge in [-0.2, -0.15) is 0 Å². The molecule has 0 bridgehead atoms. The summed E-state index contributed by atoms with van der Waals surface area (Å²) in [6.07, 6.45) is 14.9. The summed E-state index contributed by atoms with van der Waals surface area (Å²) < 4.78 is 69.2. The van der Waals surface area contributed by atoms with E-state index in [1.807, 2.05) is 0 Å². The van der Waals surface area contributed by atoms with Crippen LogP contribution >= 0.6 is 0 Å². The zero-order valence-corrected chi connectivity index (χ0v) is 51.4. The quantitative estimate of drug-likeness (QED) is 0.0329. The normalized spacial score (nSPS) is 15.2. The first-order chi connectivity index (χ1) is 40.9. The van der Waals surface area contributed by atoms with Gasteiger partial charge in [-0.1, -0.05) is 20.8 Å². The number of hydrogen-bond donors (Lipinski definition) is 6. The second kappa shape index (κ2) is 32.4. The Balaban J connectivity index is 0.000000203. The summed E-state index contributed by atoms with van der Waals surface area (Å²) in [7, 11) is 14.0. The topological polar surface area (TPSA) is 287 Å². The maximum Gasteiger partial charge on any atom is 0.319 e. The molecular weight excluding hydrogens is 1100 g/mol. The number of furan rings is 3. The Hall–Kier alpha value is -7.87. The summed E-state index contributed by atoms with van der Waals surface area (Å²) in [4.78, 5) is 43.6. The molecule has 0 aliphatic carbocycles. The number of amides is 6. The molecule has 3 aliphatic rings. The Morgan fingerprint density at radius 2 is 0.647 bits per heavy atom. The highest BCUT2D eigenvalue weighted by molar-refractivity contribution is 6.06. The van der Waals surface area contributed by atoms with E-state index in [9.17, 15) is 14.4 Å². The van der Waals surface area contributed by atoms with Crippen LogP contribution < -0.4 is 74.5 Å². The van der Waals surface area contributed by atoms with Crippen LogP contribution in [-0.4, -0.2) is 179 Å². The van der Waals surface area contributed by atoms with Crippen LogP contribution in [0, 0.1) is 0 Å². The third-order valence-electron chi connectivity index (χ3n) is 15.6. The molecule has 470 valence electrons. The van der Waals surface area contributed by atoms with E-state index in [1.54, 1.807) is 101 Å². The standard InChI is InChI=1S/3C20H29N3O5.H2O/c3*1-5-13(23-9-6-7-10-23)12-28-18-15(22-20(24)21-2)16(25-3)14-8-11-27-17(14)19(18)26-4;/h3*8,11,13H,5-7,9-10,12H2,1-4H3,(H2,21,22,24);1H2. The third-order valence-corrected chi connectivity index (χ3v) is 15.6. The van der Waals surface area contributed by atoms with Crippen LogP contribution in [0.5, 0.6) is 51.7 Å². The Morgan fingerprint density at radius 1 is 0.412 bits per heavy atom. The zero-order chi connectivity index (χ0) is 60.3. The molecule has 9 rings (SSSR count). The van der Waals surface area contributed by atoms with Crippen molar-refractivity contribution in [1.82, 2.24) is 30.7 Å². The molecule has 3 atom stereocenters. The summed E-state index contributed by atoms with van der Waals surface area (Å²) >= 11 is 0. The molecule has 3 aliphatic heterocycles. The van der Waals surface area contributed by atoms with Crippen molar-refractivity contribution in [1.29, 1.82) is 0 Å². The minimum Gasteiger partial charge on any atom is -0.494 e. The number of methoxy groups -OCH3 is 6. The van der Waals surface area contributed by atoms with E-state index in [0.717, 1.165) is 58.5 Å². The molecule has 0 saturated carbocycles. The molecule has 6 heterocycles. The van der Waals surface area contributed by atoms with Gasteiger partial charge in [0.05, 0.1) is 77.6 Å².